The Balaban J connectivity index is 1.33. The molecule has 0 unspecified atom stereocenters. The number of nitrogens with zero attached hydrogens (tertiary/aromatic N) is 5. The number of hydrogen-bond acceptors (Lipinski definition) is 7. The van der Waals surface area contributed by atoms with E-state index in [0.29, 0.717) is 24.5 Å². The molecule has 0 bridgehead atoms. The van der Waals surface area contributed by atoms with Gasteiger partial charge in [-0.15, -0.1) is 0 Å². The Morgan fingerprint density at radius 1 is 1.15 bits per heavy atom. The van der Waals surface area contributed by atoms with E-state index in [-0.39, 0.29) is 17.9 Å². The summed E-state index contributed by atoms with van der Waals surface area (Å²) in [7, 11) is 1.62. The Morgan fingerprint density at radius 2 is 1.95 bits per heavy atom. The first-order valence-corrected chi connectivity index (χ1v) is 13.6. The summed E-state index contributed by atoms with van der Waals surface area (Å²) in [6, 6.07) is 18.7. The number of nitriles is 1. The average molecular weight is 539 g/mol. The first-order chi connectivity index (χ1) is 19.5. The maximum Gasteiger partial charge on any atom is 0.245 e. The molecule has 1 amide bonds. The lowest BCUT2D eigenvalue weighted by atomic mass is 9.74. The van der Waals surface area contributed by atoms with Crippen LogP contribution in [-0.4, -0.2) is 60.5 Å². The largest absolute Gasteiger partial charge is 0.492 e. The van der Waals surface area contributed by atoms with Gasteiger partial charge < -0.3 is 19.7 Å². The van der Waals surface area contributed by atoms with E-state index >= 15 is 0 Å². The molecule has 1 aromatic carbocycles. The number of piperidine rings is 1. The first-order valence-electron chi connectivity index (χ1n) is 13.6. The standard InChI is InChI=1S/C31H34N6O3/c1-3-40-26-15-27(30-25(17-32)19-35-37(30)20-26)24-9-10-28(34-18-24)36-13-11-31(12-14-36,22-39-21-29(38)33-2)16-23-7-5-4-6-8-23/h4-10,15,18-20H,3,11-14,16,21-22H2,1-2H3,(H,33,38). The van der Waals surface area contributed by atoms with Gasteiger partial charge in [0.05, 0.1) is 36.7 Å². The minimum Gasteiger partial charge on any atom is -0.492 e. The van der Waals surface area contributed by atoms with E-state index in [1.54, 1.807) is 24.0 Å². The Labute approximate surface area is 234 Å². The van der Waals surface area contributed by atoms with Gasteiger partial charge in [0.2, 0.25) is 5.91 Å². The molecule has 1 N–H and O–H groups in total. The molecule has 0 saturated carbocycles. The SMILES string of the molecule is CCOc1cc(-c2ccc(N3CCC(COCC(=O)NC)(Cc4ccccc4)CC3)nc2)c2c(C#N)cnn2c1. The summed E-state index contributed by atoms with van der Waals surface area (Å²) in [5.41, 5.74) is 4.22. The molecule has 206 valence electrons. The predicted octanol–water partition coefficient (Wildman–Crippen LogP) is 4.26. The lowest BCUT2D eigenvalue weighted by molar-refractivity contribution is -0.126. The lowest BCUT2D eigenvalue weighted by Crippen LogP contribution is -2.44. The molecule has 9 heteroatoms. The fraction of sp³-hybridized carbons (Fsp3) is 0.355. The van der Waals surface area contributed by atoms with Crippen molar-refractivity contribution in [3.05, 3.63) is 78.2 Å². The van der Waals surface area contributed by atoms with Gasteiger partial charge in [-0.1, -0.05) is 30.3 Å². The van der Waals surface area contributed by atoms with Gasteiger partial charge in [0.1, 0.15) is 24.2 Å². The molecule has 3 aromatic heterocycles. The molecule has 1 fully saturated rings. The number of hydrogen-bond donors (Lipinski definition) is 1. The number of anilines is 1. The van der Waals surface area contributed by atoms with Gasteiger partial charge in [-0.25, -0.2) is 9.50 Å². The van der Waals surface area contributed by atoms with Gasteiger partial charge in [0, 0.05) is 42.9 Å². The summed E-state index contributed by atoms with van der Waals surface area (Å²) in [5, 5.41) is 16.6. The Morgan fingerprint density at radius 3 is 2.62 bits per heavy atom. The van der Waals surface area contributed by atoms with Crippen LogP contribution >= 0.6 is 0 Å². The van der Waals surface area contributed by atoms with E-state index in [9.17, 15) is 10.1 Å². The quantitative estimate of drug-likeness (QED) is 0.322. The van der Waals surface area contributed by atoms with Gasteiger partial charge in [0.25, 0.3) is 0 Å². The topological polar surface area (TPSA) is 105 Å². The van der Waals surface area contributed by atoms with Gasteiger partial charge in [-0.3, -0.25) is 4.79 Å². The van der Waals surface area contributed by atoms with E-state index in [1.165, 1.54) is 5.56 Å². The third kappa shape index (κ3) is 5.92. The zero-order chi connectivity index (χ0) is 28.0. The van der Waals surface area contributed by atoms with Crippen molar-refractivity contribution in [1.82, 2.24) is 19.9 Å². The summed E-state index contributed by atoms with van der Waals surface area (Å²) in [6.45, 7) is 4.76. The summed E-state index contributed by atoms with van der Waals surface area (Å²) in [5.74, 6) is 1.49. The van der Waals surface area contributed by atoms with Crippen LogP contribution in [0.25, 0.3) is 16.6 Å². The smallest absolute Gasteiger partial charge is 0.245 e. The van der Waals surface area contributed by atoms with E-state index < -0.39 is 0 Å². The zero-order valence-electron chi connectivity index (χ0n) is 23.0. The van der Waals surface area contributed by atoms with Crippen LogP contribution in [-0.2, 0) is 16.0 Å². The highest BCUT2D eigenvalue weighted by Gasteiger charge is 2.35. The number of fused-ring (bicyclic) bond motifs is 1. The Hall–Kier alpha value is -4.42. The van der Waals surface area contributed by atoms with Crippen molar-refractivity contribution >= 4 is 17.2 Å². The molecule has 0 atom stereocenters. The molecule has 5 rings (SSSR count). The second-order valence-electron chi connectivity index (χ2n) is 10.2. The van der Waals surface area contributed by atoms with Crippen LogP contribution in [0.2, 0.25) is 0 Å². The molecule has 9 nitrogen and oxygen atoms in total. The van der Waals surface area contributed by atoms with Crippen LogP contribution in [0, 0.1) is 16.7 Å². The van der Waals surface area contributed by atoms with E-state index in [1.807, 2.05) is 37.4 Å². The molecule has 0 radical (unpaired) electrons. The molecule has 4 aromatic rings. The van der Waals surface area contributed by atoms with E-state index in [2.05, 4.69) is 45.7 Å². The van der Waals surface area contributed by atoms with Crippen LogP contribution in [0.4, 0.5) is 5.82 Å². The third-order valence-corrected chi connectivity index (χ3v) is 7.57. The van der Waals surface area contributed by atoms with Crippen LogP contribution in [0.3, 0.4) is 0 Å². The van der Waals surface area contributed by atoms with Crippen molar-refractivity contribution in [2.75, 3.05) is 44.9 Å². The molecule has 1 saturated heterocycles. The second-order valence-corrected chi connectivity index (χ2v) is 10.2. The van der Waals surface area contributed by atoms with Gasteiger partial charge >= 0.3 is 0 Å². The Bertz CT molecular complexity index is 1490. The molecule has 0 spiro atoms. The number of ether oxygens (including phenoxy) is 2. The van der Waals surface area contributed by atoms with Crippen molar-refractivity contribution in [2.45, 2.75) is 26.2 Å². The van der Waals surface area contributed by atoms with Gasteiger partial charge in [0.15, 0.2) is 0 Å². The van der Waals surface area contributed by atoms with Crippen LogP contribution in [0.5, 0.6) is 5.75 Å². The molecular formula is C31H34N6O3. The molecule has 40 heavy (non-hydrogen) atoms. The number of aromatic nitrogens is 3. The molecule has 4 heterocycles. The van der Waals surface area contributed by atoms with Crippen molar-refractivity contribution in [3.63, 3.8) is 0 Å². The lowest BCUT2D eigenvalue weighted by Gasteiger charge is -2.42. The number of amides is 1. The van der Waals surface area contributed by atoms with Crippen molar-refractivity contribution < 1.29 is 14.3 Å². The average Bonchev–Trinajstić information content (AvgIpc) is 3.41. The van der Waals surface area contributed by atoms with Crippen molar-refractivity contribution in [3.8, 4) is 22.9 Å². The minimum absolute atomic E-state index is 0.0488. The number of pyridine rings is 2. The summed E-state index contributed by atoms with van der Waals surface area (Å²) >= 11 is 0. The normalized spacial score (nSPS) is 14.6. The number of nitrogens with one attached hydrogen (secondary N) is 1. The summed E-state index contributed by atoms with van der Waals surface area (Å²) in [4.78, 5) is 18.9. The number of carbonyl (C=O) groups excluding carboxylic acids is 1. The molecule has 1 aliphatic rings. The fourth-order valence-electron chi connectivity index (χ4n) is 5.42. The number of carbonyl (C=O) groups is 1. The number of likely N-dealkylation sites (N-methyl/N-ethyl adjacent to an activating group) is 1. The van der Waals surface area contributed by atoms with E-state index in [0.717, 1.165) is 54.8 Å². The molecular weight excluding hydrogens is 504 g/mol. The second kappa shape index (κ2) is 12.2. The predicted molar refractivity (Wildman–Crippen MR) is 153 cm³/mol. The maximum atomic E-state index is 11.7. The summed E-state index contributed by atoms with van der Waals surface area (Å²) < 4.78 is 13.3. The van der Waals surface area contributed by atoms with Crippen molar-refractivity contribution in [2.24, 2.45) is 5.41 Å². The number of benzene rings is 1. The fourth-order valence-corrected chi connectivity index (χ4v) is 5.42. The maximum absolute atomic E-state index is 11.7. The zero-order valence-corrected chi connectivity index (χ0v) is 23.0. The van der Waals surface area contributed by atoms with Crippen molar-refractivity contribution in [1.29, 1.82) is 5.26 Å². The van der Waals surface area contributed by atoms with Crippen LogP contribution < -0.4 is 15.0 Å². The highest BCUT2D eigenvalue weighted by atomic mass is 16.5. The minimum atomic E-state index is -0.113. The molecule has 0 aliphatic carbocycles. The monoisotopic (exact) mass is 538 g/mol. The van der Waals surface area contributed by atoms with Gasteiger partial charge in [-0.05, 0) is 49.9 Å². The first kappa shape index (κ1) is 27.2. The molecule has 1 aliphatic heterocycles. The highest BCUT2D eigenvalue weighted by Crippen LogP contribution is 2.37. The Kier molecular flexibility index (Phi) is 8.27. The summed E-state index contributed by atoms with van der Waals surface area (Å²) in [6.07, 6.45) is 7.98. The number of rotatable bonds is 10. The van der Waals surface area contributed by atoms with Gasteiger partial charge in [-0.2, -0.15) is 10.4 Å². The van der Waals surface area contributed by atoms with E-state index in [4.69, 9.17) is 14.5 Å². The van der Waals surface area contributed by atoms with Crippen LogP contribution in [0.15, 0.2) is 67.1 Å². The van der Waals surface area contributed by atoms with Crippen LogP contribution in [0.1, 0.15) is 30.9 Å². The highest BCUT2D eigenvalue weighted by molar-refractivity contribution is 5.85. The third-order valence-electron chi connectivity index (χ3n) is 7.57.